The Morgan fingerprint density at radius 1 is 0.840 bits per heavy atom. The summed E-state index contributed by atoms with van der Waals surface area (Å²) in [6, 6.07) is 14.4. The van der Waals surface area contributed by atoms with Crippen molar-refractivity contribution in [3.63, 3.8) is 0 Å². The van der Waals surface area contributed by atoms with E-state index in [0.717, 1.165) is 5.52 Å². The molecule has 2 nitrogen and oxygen atoms in total. The SMILES string of the molecule is CCCCCc1ccn(CCCCC)c1.c1ccc2ncccc2c1. The molecular weight excluding hydrogens is 304 g/mol. The summed E-state index contributed by atoms with van der Waals surface area (Å²) in [6.07, 6.45) is 15.6. The Balaban J connectivity index is 0.000000194. The Morgan fingerprint density at radius 3 is 2.40 bits per heavy atom. The molecule has 0 unspecified atom stereocenters. The number of benzene rings is 1. The van der Waals surface area contributed by atoms with Crippen molar-refractivity contribution in [2.45, 2.75) is 65.3 Å². The summed E-state index contributed by atoms with van der Waals surface area (Å²) >= 11 is 0. The van der Waals surface area contributed by atoms with Gasteiger partial charge in [-0.25, -0.2) is 0 Å². The van der Waals surface area contributed by atoms with E-state index < -0.39 is 0 Å². The molecule has 0 aliphatic carbocycles. The van der Waals surface area contributed by atoms with E-state index in [1.165, 1.54) is 62.4 Å². The van der Waals surface area contributed by atoms with E-state index in [-0.39, 0.29) is 0 Å². The highest BCUT2D eigenvalue weighted by Gasteiger charge is 1.96. The highest BCUT2D eigenvalue weighted by Crippen LogP contribution is 2.09. The first kappa shape index (κ1) is 19.2. The van der Waals surface area contributed by atoms with Crippen LogP contribution in [0.1, 0.15) is 57.9 Å². The third-order valence-corrected chi connectivity index (χ3v) is 4.41. The first-order valence-corrected chi connectivity index (χ1v) is 9.78. The average Bonchev–Trinajstić information content (AvgIpc) is 3.11. The van der Waals surface area contributed by atoms with Gasteiger partial charge < -0.3 is 4.57 Å². The molecular formula is C23H32N2. The van der Waals surface area contributed by atoms with Gasteiger partial charge in [0.05, 0.1) is 5.52 Å². The van der Waals surface area contributed by atoms with Crippen molar-refractivity contribution < 1.29 is 0 Å². The number of unbranched alkanes of at least 4 members (excludes halogenated alkanes) is 4. The van der Waals surface area contributed by atoms with E-state index in [9.17, 15) is 0 Å². The standard InChI is InChI=1S/C14H25N.C9H7N/c1-3-5-7-9-14-10-12-15(13-14)11-8-6-4-2;1-2-6-9-8(4-1)5-3-7-10-9/h10,12-13H,3-9,11H2,1-2H3;1-7H. The zero-order chi connectivity index (χ0) is 17.7. The minimum absolute atomic E-state index is 1.06. The number of rotatable bonds is 8. The molecule has 134 valence electrons. The number of aromatic nitrogens is 2. The Hall–Kier alpha value is -2.09. The van der Waals surface area contributed by atoms with Crippen LogP contribution in [0.15, 0.2) is 61.1 Å². The Labute approximate surface area is 152 Å². The molecule has 1 aromatic carbocycles. The molecule has 0 N–H and O–H groups in total. The first-order chi connectivity index (χ1) is 12.3. The van der Waals surface area contributed by atoms with Gasteiger partial charge in [-0.15, -0.1) is 0 Å². The van der Waals surface area contributed by atoms with Gasteiger partial charge in [0.1, 0.15) is 0 Å². The third kappa shape index (κ3) is 7.13. The van der Waals surface area contributed by atoms with Gasteiger partial charge in [-0.05, 0) is 43.0 Å². The van der Waals surface area contributed by atoms with Gasteiger partial charge in [-0.3, -0.25) is 4.98 Å². The number of hydrogen-bond acceptors (Lipinski definition) is 1. The van der Waals surface area contributed by atoms with E-state index >= 15 is 0 Å². The number of nitrogens with zero attached hydrogens (tertiary/aromatic N) is 2. The molecule has 0 aliphatic heterocycles. The zero-order valence-corrected chi connectivity index (χ0v) is 15.8. The molecule has 0 bridgehead atoms. The molecule has 25 heavy (non-hydrogen) atoms. The van der Waals surface area contributed by atoms with Crippen LogP contribution in [0.3, 0.4) is 0 Å². The normalized spacial score (nSPS) is 10.5. The minimum Gasteiger partial charge on any atom is -0.354 e. The number of pyridine rings is 1. The van der Waals surface area contributed by atoms with Crippen molar-refractivity contribution in [1.82, 2.24) is 9.55 Å². The number of para-hydroxylation sites is 1. The summed E-state index contributed by atoms with van der Waals surface area (Å²) in [5.41, 5.74) is 2.57. The Bertz CT molecular complexity index is 625. The molecule has 0 saturated carbocycles. The van der Waals surface area contributed by atoms with Crippen molar-refractivity contribution in [3.8, 4) is 0 Å². The van der Waals surface area contributed by atoms with Crippen molar-refractivity contribution in [2.24, 2.45) is 0 Å². The molecule has 2 aromatic heterocycles. The van der Waals surface area contributed by atoms with Crippen LogP contribution in [-0.4, -0.2) is 9.55 Å². The number of aryl methyl sites for hydroxylation is 2. The molecule has 0 spiro atoms. The molecule has 3 rings (SSSR count). The average molecular weight is 337 g/mol. The van der Waals surface area contributed by atoms with Crippen LogP contribution >= 0.6 is 0 Å². The van der Waals surface area contributed by atoms with Crippen LogP contribution in [0, 0.1) is 0 Å². The lowest BCUT2D eigenvalue weighted by Gasteiger charge is -2.01. The quantitative estimate of drug-likeness (QED) is 0.421. The lowest BCUT2D eigenvalue weighted by atomic mass is 10.1. The van der Waals surface area contributed by atoms with Crippen LogP contribution < -0.4 is 0 Å². The van der Waals surface area contributed by atoms with Crippen LogP contribution in [0.5, 0.6) is 0 Å². The summed E-state index contributed by atoms with van der Waals surface area (Å²) < 4.78 is 2.34. The number of hydrogen-bond donors (Lipinski definition) is 0. The largest absolute Gasteiger partial charge is 0.354 e. The Morgan fingerprint density at radius 2 is 1.60 bits per heavy atom. The molecule has 0 fully saturated rings. The zero-order valence-electron chi connectivity index (χ0n) is 15.8. The maximum absolute atomic E-state index is 4.18. The Kier molecular flexibility index (Phi) is 8.82. The lowest BCUT2D eigenvalue weighted by molar-refractivity contribution is 0.603. The van der Waals surface area contributed by atoms with Gasteiger partial charge >= 0.3 is 0 Å². The highest BCUT2D eigenvalue weighted by molar-refractivity contribution is 5.77. The van der Waals surface area contributed by atoms with Gasteiger partial charge in [-0.2, -0.15) is 0 Å². The van der Waals surface area contributed by atoms with E-state index in [1.807, 2.05) is 30.5 Å². The van der Waals surface area contributed by atoms with Crippen LogP contribution in [0.2, 0.25) is 0 Å². The van der Waals surface area contributed by atoms with Crippen LogP contribution in [0.4, 0.5) is 0 Å². The van der Waals surface area contributed by atoms with E-state index in [2.05, 4.69) is 54.0 Å². The highest BCUT2D eigenvalue weighted by atomic mass is 14.9. The van der Waals surface area contributed by atoms with Gasteiger partial charge in [0.25, 0.3) is 0 Å². The maximum atomic E-state index is 4.18. The molecule has 0 atom stereocenters. The van der Waals surface area contributed by atoms with Gasteiger partial charge in [0, 0.05) is 30.5 Å². The molecule has 2 heterocycles. The van der Waals surface area contributed by atoms with Crippen molar-refractivity contribution in [1.29, 1.82) is 0 Å². The summed E-state index contributed by atoms with van der Waals surface area (Å²) in [5, 5.41) is 1.20. The molecule has 3 aromatic rings. The van der Waals surface area contributed by atoms with Crippen LogP contribution in [-0.2, 0) is 13.0 Å². The topological polar surface area (TPSA) is 17.8 Å². The maximum Gasteiger partial charge on any atom is 0.0701 e. The van der Waals surface area contributed by atoms with Crippen molar-refractivity contribution >= 4 is 10.9 Å². The smallest absolute Gasteiger partial charge is 0.0701 e. The third-order valence-electron chi connectivity index (χ3n) is 4.41. The summed E-state index contributed by atoms with van der Waals surface area (Å²) in [7, 11) is 0. The van der Waals surface area contributed by atoms with Gasteiger partial charge in [0.15, 0.2) is 0 Å². The molecule has 0 saturated heterocycles. The molecule has 0 aliphatic rings. The summed E-state index contributed by atoms with van der Waals surface area (Å²) in [6.45, 7) is 5.71. The first-order valence-electron chi connectivity index (χ1n) is 9.78. The molecule has 2 heteroatoms. The molecule has 0 radical (unpaired) electrons. The minimum atomic E-state index is 1.06. The molecule has 0 amide bonds. The summed E-state index contributed by atoms with van der Waals surface area (Å²) in [5.74, 6) is 0. The van der Waals surface area contributed by atoms with E-state index in [1.54, 1.807) is 0 Å². The fraction of sp³-hybridized carbons (Fsp3) is 0.435. The second-order valence-corrected chi connectivity index (χ2v) is 6.62. The van der Waals surface area contributed by atoms with Gasteiger partial charge in [-0.1, -0.05) is 63.8 Å². The fourth-order valence-electron chi connectivity index (χ4n) is 2.92. The predicted molar refractivity (Wildman–Crippen MR) is 109 cm³/mol. The lowest BCUT2D eigenvalue weighted by Crippen LogP contribution is -1.93. The second kappa shape index (κ2) is 11.5. The van der Waals surface area contributed by atoms with Crippen molar-refractivity contribution in [3.05, 3.63) is 66.6 Å². The monoisotopic (exact) mass is 336 g/mol. The van der Waals surface area contributed by atoms with Crippen molar-refractivity contribution in [2.75, 3.05) is 0 Å². The predicted octanol–water partition coefficient (Wildman–Crippen LogP) is 6.65. The van der Waals surface area contributed by atoms with E-state index in [4.69, 9.17) is 0 Å². The van der Waals surface area contributed by atoms with Gasteiger partial charge in [0.2, 0.25) is 0 Å². The van der Waals surface area contributed by atoms with E-state index in [0.29, 0.717) is 0 Å². The fourth-order valence-corrected chi connectivity index (χ4v) is 2.92. The number of fused-ring (bicyclic) bond motifs is 1. The second-order valence-electron chi connectivity index (χ2n) is 6.62. The van der Waals surface area contributed by atoms with Crippen LogP contribution in [0.25, 0.3) is 10.9 Å². The summed E-state index contributed by atoms with van der Waals surface area (Å²) in [4.78, 5) is 4.18.